The molecule has 2 rings (SSSR count). The van der Waals surface area contributed by atoms with Crippen LogP contribution in [0.3, 0.4) is 0 Å². The van der Waals surface area contributed by atoms with E-state index in [1.807, 2.05) is 6.92 Å². The number of aromatic nitrogens is 1. The highest BCUT2D eigenvalue weighted by atomic mass is 79.9. The van der Waals surface area contributed by atoms with Crippen LogP contribution in [-0.2, 0) is 0 Å². The van der Waals surface area contributed by atoms with Gasteiger partial charge in [0.25, 0.3) is 0 Å². The summed E-state index contributed by atoms with van der Waals surface area (Å²) in [4.78, 5) is 4.08. The molecule has 0 aliphatic heterocycles. The van der Waals surface area contributed by atoms with E-state index in [0.29, 0.717) is 10.0 Å². The van der Waals surface area contributed by atoms with Crippen molar-refractivity contribution in [3.63, 3.8) is 0 Å². The maximum atomic E-state index is 13.7. The van der Waals surface area contributed by atoms with E-state index in [0.717, 1.165) is 5.69 Å². The van der Waals surface area contributed by atoms with Gasteiger partial charge in [0.1, 0.15) is 11.9 Å². The van der Waals surface area contributed by atoms with Gasteiger partial charge in [0, 0.05) is 27.5 Å². The van der Waals surface area contributed by atoms with Gasteiger partial charge in [-0.15, -0.1) is 0 Å². The Morgan fingerprint density at radius 1 is 1.29 bits per heavy atom. The minimum atomic E-state index is -0.990. The first-order chi connectivity index (χ1) is 8.08. The van der Waals surface area contributed by atoms with Crippen LogP contribution < -0.4 is 0 Å². The van der Waals surface area contributed by atoms with E-state index in [9.17, 15) is 9.50 Å². The Labute approximate surface area is 107 Å². The van der Waals surface area contributed by atoms with Crippen molar-refractivity contribution in [3.8, 4) is 0 Å². The third kappa shape index (κ3) is 2.70. The average Bonchev–Trinajstić information content (AvgIpc) is 2.29. The molecule has 88 valence electrons. The predicted molar refractivity (Wildman–Crippen MR) is 67.1 cm³/mol. The van der Waals surface area contributed by atoms with Crippen LogP contribution in [0.4, 0.5) is 4.39 Å². The van der Waals surface area contributed by atoms with Crippen molar-refractivity contribution in [1.29, 1.82) is 0 Å². The van der Waals surface area contributed by atoms with Crippen LogP contribution in [0.25, 0.3) is 0 Å². The fourth-order valence-corrected chi connectivity index (χ4v) is 1.88. The van der Waals surface area contributed by atoms with E-state index in [1.165, 1.54) is 6.07 Å². The first-order valence-corrected chi connectivity index (χ1v) is 5.93. The Morgan fingerprint density at radius 2 is 2.06 bits per heavy atom. The zero-order valence-electron chi connectivity index (χ0n) is 9.19. The van der Waals surface area contributed by atoms with Gasteiger partial charge in [-0.1, -0.05) is 28.1 Å². The van der Waals surface area contributed by atoms with Crippen molar-refractivity contribution in [3.05, 3.63) is 63.6 Å². The second-order valence-electron chi connectivity index (χ2n) is 3.80. The molecule has 1 aromatic heterocycles. The van der Waals surface area contributed by atoms with Crippen LogP contribution in [0.2, 0.25) is 0 Å². The number of aliphatic hydroxyl groups is 1. The van der Waals surface area contributed by atoms with Gasteiger partial charge in [0.2, 0.25) is 0 Å². The van der Waals surface area contributed by atoms with Crippen LogP contribution in [0, 0.1) is 12.7 Å². The molecule has 0 spiro atoms. The monoisotopic (exact) mass is 295 g/mol. The number of rotatable bonds is 2. The highest BCUT2D eigenvalue weighted by Crippen LogP contribution is 2.25. The van der Waals surface area contributed by atoms with Crippen LogP contribution in [0.5, 0.6) is 0 Å². The van der Waals surface area contributed by atoms with Gasteiger partial charge >= 0.3 is 0 Å². The topological polar surface area (TPSA) is 33.1 Å². The minimum Gasteiger partial charge on any atom is -0.383 e. The molecule has 0 saturated heterocycles. The maximum absolute atomic E-state index is 13.7. The summed E-state index contributed by atoms with van der Waals surface area (Å²) >= 11 is 3.18. The molecule has 0 radical (unpaired) electrons. The number of aryl methyl sites for hydroxylation is 1. The fraction of sp³-hybridized carbons (Fsp3) is 0.154. The molecule has 0 bridgehead atoms. The number of pyridine rings is 1. The lowest BCUT2D eigenvalue weighted by Crippen LogP contribution is -2.03. The number of benzene rings is 1. The summed E-state index contributed by atoms with van der Waals surface area (Å²) < 4.78 is 14.3. The highest BCUT2D eigenvalue weighted by Gasteiger charge is 2.15. The summed E-state index contributed by atoms with van der Waals surface area (Å²) in [5, 5.41) is 10.1. The van der Waals surface area contributed by atoms with Crippen molar-refractivity contribution in [2.45, 2.75) is 13.0 Å². The van der Waals surface area contributed by atoms with Gasteiger partial charge in [-0.05, 0) is 25.1 Å². The molecule has 1 N–H and O–H groups in total. The largest absolute Gasteiger partial charge is 0.383 e. The van der Waals surface area contributed by atoms with E-state index in [4.69, 9.17) is 0 Å². The molecule has 2 aromatic rings. The number of hydrogen-bond donors (Lipinski definition) is 1. The molecule has 0 aliphatic rings. The summed E-state index contributed by atoms with van der Waals surface area (Å²) in [7, 11) is 0. The van der Waals surface area contributed by atoms with Gasteiger partial charge in [-0.2, -0.15) is 0 Å². The Kier molecular flexibility index (Phi) is 3.54. The van der Waals surface area contributed by atoms with E-state index in [2.05, 4.69) is 20.9 Å². The molecule has 17 heavy (non-hydrogen) atoms. The quantitative estimate of drug-likeness (QED) is 0.921. The lowest BCUT2D eigenvalue weighted by Gasteiger charge is -2.12. The normalized spacial score (nSPS) is 12.5. The van der Waals surface area contributed by atoms with Crippen LogP contribution in [-0.4, -0.2) is 10.1 Å². The Bertz CT molecular complexity index is 527. The Balaban J connectivity index is 2.36. The average molecular weight is 296 g/mol. The molecule has 1 aromatic carbocycles. The lowest BCUT2D eigenvalue weighted by atomic mass is 10.0. The number of nitrogens with zero attached hydrogens (tertiary/aromatic N) is 1. The van der Waals surface area contributed by atoms with Crippen molar-refractivity contribution in [2.24, 2.45) is 0 Å². The number of aliphatic hydroxyl groups excluding tert-OH is 1. The summed E-state index contributed by atoms with van der Waals surface area (Å²) in [6.07, 6.45) is 0.567. The zero-order valence-corrected chi connectivity index (χ0v) is 10.8. The molecule has 0 saturated carbocycles. The molecule has 0 aliphatic carbocycles. The van der Waals surface area contributed by atoms with Gasteiger partial charge in [-0.3, -0.25) is 4.98 Å². The molecule has 0 fully saturated rings. The molecule has 1 unspecified atom stereocenters. The van der Waals surface area contributed by atoms with Gasteiger partial charge in [0.05, 0.1) is 0 Å². The third-order valence-corrected chi connectivity index (χ3v) is 3.00. The van der Waals surface area contributed by atoms with Crippen molar-refractivity contribution < 1.29 is 9.50 Å². The van der Waals surface area contributed by atoms with Gasteiger partial charge in [-0.25, -0.2) is 4.39 Å². The molecule has 1 atom stereocenters. The van der Waals surface area contributed by atoms with E-state index in [-0.39, 0.29) is 5.56 Å². The molecule has 1 heterocycles. The molecule has 0 amide bonds. The van der Waals surface area contributed by atoms with Crippen LogP contribution in [0.15, 0.2) is 41.0 Å². The third-order valence-electron chi connectivity index (χ3n) is 2.51. The van der Waals surface area contributed by atoms with Gasteiger partial charge in [0.15, 0.2) is 0 Å². The summed E-state index contributed by atoms with van der Waals surface area (Å²) in [5.41, 5.74) is 1.69. The smallest absolute Gasteiger partial charge is 0.130 e. The van der Waals surface area contributed by atoms with Crippen LogP contribution >= 0.6 is 15.9 Å². The number of halogens is 2. The minimum absolute atomic E-state index is 0.249. The van der Waals surface area contributed by atoms with Crippen LogP contribution in [0.1, 0.15) is 22.9 Å². The molecule has 2 nitrogen and oxygen atoms in total. The Hall–Kier alpha value is -1.26. The maximum Gasteiger partial charge on any atom is 0.130 e. The lowest BCUT2D eigenvalue weighted by molar-refractivity contribution is 0.214. The summed E-state index contributed by atoms with van der Waals surface area (Å²) in [6.45, 7) is 1.86. The molecular formula is C13H11BrFNO. The van der Waals surface area contributed by atoms with E-state index >= 15 is 0 Å². The number of hydrogen-bond acceptors (Lipinski definition) is 2. The van der Waals surface area contributed by atoms with Gasteiger partial charge < -0.3 is 5.11 Å². The van der Waals surface area contributed by atoms with E-state index < -0.39 is 11.9 Å². The zero-order chi connectivity index (χ0) is 12.4. The first-order valence-electron chi connectivity index (χ1n) is 5.13. The predicted octanol–water partition coefficient (Wildman–Crippen LogP) is 3.37. The SMILES string of the molecule is Cc1ccc(C(O)c2ccc(Br)cc2F)cn1. The van der Waals surface area contributed by atoms with Crippen molar-refractivity contribution in [2.75, 3.05) is 0 Å². The van der Waals surface area contributed by atoms with Crippen molar-refractivity contribution in [1.82, 2.24) is 4.98 Å². The molecule has 4 heteroatoms. The highest BCUT2D eigenvalue weighted by molar-refractivity contribution is 9.10. The van der Waals surface area contributed by atoms with E-state index in [1.54, 1.807) is 30.5 Å². The fourth-order valence-electron chi connectivity index (χ4n) is 1.54. The first kappa shape index (κ1) is 12.2. The Morgan fingerprint density at radius 3 is 2.65 bits per heavy atom. The standard InChI is InChI=1S/C13H11BrFNO/c1-8-2-3-9(7-16-8)13(17)11-5-4-10(14)6-12(11)15/h2-7,13,17H,1H3. The van der Waals surface area contributed by atoms with Crippen molar-refractivity contribution >= 4 is 15.9 Å². The second-order valence-corrected chi connectivity index (χ2v) is 4.72. The second kappa shape index (κ2) is 4.94. The molecular weight excluding hydrogens is 285 g/mol. The summed E-state index contributed by atoms with van der Waals surface area (Å²) in [6, 6.07) is 8.12. The summed E-state index contributed by atoms with van der Waals surface area (Å²) in [5.74, 6) is -0.438.